The van der Waals surface area contributed by atoms with Gasteiger partial charge in [0.2, 0.25) is 5.91 Å². The van der Waals surface area contributed by atoms with Gasteiger partial charge in [-0.15, -0.1) is 21.5 Å². The number of aromatic amines is 1. The molecule has 2 heterocycles. The van der Waals surface area contributed by atoms with E-state index in [4.69, 9.17) is 4.74 Å². The van der Waals surface area contributed by atoms with Crippen molar-refractivity contribution in [3.05, 3.63) is 21.8 Å². The molecule has 10 nitrogen and oxygen atoms in total. The number of thiophene rings is 1. The number of tetrazole rings is 1. The Labute approximate surface area is 134 Å². The molecule has 0 spiro atoms. The predicted molar refractivity (Wildman–Crippen MR) is 78.2 cm³/mol. The van der Waals surface area contributed by atoms with Crippen LogP contribution < -0.4 is 5.32 Å². The van der Waals surface area contributed by atoms with Gasteiger partial charge in [0.1, 0.15) is 9.88 Å². The molecule has 0 atom stereocenters. The lowest BCUT2D eigenvalue weighted by Gasteiger charge is -2.04. The number of carbonyl (C=O) groups excluding carboxylic acids is 3. The number of hydrogen-bond acceptors (Lipinski definition) is 9. The van der Waals surface area contributed by atoms with E-state index >= 15 is 0 Å². The molecule has 0 radical (unpaired) electrons. The molecule has 23 heavy (non-hydrogen) atoms. The van der Waals surface area contributed by atoms with Gasteiger partial charge in [-0.05, 0) is 12.5 Å². The fourth-order valence-corrected chi connectivity index (χ4v) is 2.94. The van der Waals surface area contributed by atoms with Gasteiger partial charge in [0, 0.05) is 0 Å². The summed E-state index contributed by atoms with van der Waals surface area (Å²) in [5, 5.41) is 15.7. The van der Waals surface area contributed by atoms with Crippen molar-refractivity contribution < 1.29 is 23.9 Å². The van der Waals surface area contributed by atoms with Gasteiger partial charge in [-0.2, -0.15) is 5.21 Å². The van der Waals surface area contributed by atoms with Crippen molar-refractivity contribution in [2.24, 2.45) is 0 Å². The fraction of sp³-hybridized carbons (Fsp3) is 0.333. The third-order valence-electron chi connectivity index (χ3n) is 2.87. The normalized spacial score (nSPS) is 10.2. The van der Waals surface area contributed by atoms with Gasteiger partial charge in [-0.3, -0.25) is 4.79 Å². The lowest BCUT2D eigenvalue weighted by Crippen LogP contribution is -2.17. The average molecular weight is 339 g/mol. The molecule has 2 N–H and O–H groups in total. The van der Waals surface area contributed by atoms with Gasteiger partial charge in [-0.1, -0.05) is 5.21 Å². The van der Waals surface area contributed by atoms with Crippen LogP contribution >= 0.6 is 11.3 Å². The molecular weight excluding hydrogens is 326 g/mol. The maximum absolute atomic E-state index is 12.0. The average Bonchev–Trinajstić information content (AvgIpc) is 3.14. The molecular formula is C12H13N5O5S. The maximum atomic E-state index is 12.0. The van der Waals surface area contributed by atoms with Crippen molar-refractivity contribution in [2.45, 2.75) is 13.3 Å². The molecule has 2 rings (SSSR count). The topological polar surface area (TPSA) is 136 Å². The van der Waals surface area contributed by atoms with Crippen LogP contribution in [0.5, 0.6) is 0 Å². The number of nitrogens with one attached hydrogen (secondary N) is 2. The summed E-state index contributed by atoms with van der Waals surface area (Å²) in [6.45, 7) is 1.57. The zero-order chi connectivity index (χ0) is 17.0. The molecule has 1 amide bonds. The third kappa shape index (κ3) is 3.51. The minimum absolute atomic E-state index is 0.111. The highest BCUT2D eigenvalue weighted by molar-refractivity contribution is 7.18. The summed E-state index contributed by atoms with van der Waals surface area (Å²) in [4.78, 5) is 35.9. The Balaban J connectivity index is 2.30. The highest BCUT2D eigenvalue weighted by Gasteiger charge is 2.26. The molecule has 2 aromatic rings. The number of carbonyl (C=O) groups is 3. The minimum Gasteiger partial charge on any atom is -0.465 e. The smallest absolute Gasteiger partial charge is 0.348 e. The summed E-state index contributed by atoms with van der Waals surface area (Å²) >= 11 is 0.932. The Morgan fingerprint density at radius 3 is 2.48 bits per heavy atom. The second-order valence-corrected chi connectivity index (χ2v) is 5.32. The van der Waals surface area contributed by atoms with Crippen molar-refractivity contribution in [3.63, 3.8) is 0 Å². The third-order valence-corrected chi connectivity index (χ3v) is 4.06. The zero-order valence-corrected chi connectivity index (χ0v) is 13.3. The van der Waals surface area contributed by atoms with Crippen LogP contribution in [-0.2, 0) is 20.7 Å². The number of anilines is 1. The summed E-state index contributed by atoms with van der Waals surface area (Å²) in [6, 6.07) is 0. The Morgan fingerprint density at radius 2 is 1.91 bits per heavy atom. The minimum atomic E-state index is -0.663. The van der Waals surface area contributed by atoms with E-state index in [-0.39, 0.29) is 27.7 Å². The van der Waals surface area contributed by atoms with Crippen molar-refractivity contribution in [1.29, 1.82) is 0 Å². The van der Waals surface area contributed by atoms with Crippen LogP contribution in [0.3, 0.4) is 0 Å². The van der Waals surface area contributed by atoms with E-state index < -0.39 is 17.8 Å². The van der Waals surface area contributed by atoms with Crippen LogP contribution in [0.1, 0.15) is 31.4 Å². The lowest BCUT2D eigenvalue weighted by atomic mass is 10.1. The number of rotatable bonds is 5. The van der Waals surface area contributed by atoms with Gasteiger partial charge in [-0.25, -0.2) is 9.59 Å². The standard InChI is InChI=1S/C12H13N5O5S/c1-5-8(11(19)21-2)10(23-9(5)12(20)22-3)13-7(18)4-6-14-16-17-15-6/h4H2,1-3H3,(H,13,18)(H,14,15,16,17). The number of esters is 2. The van der Waals surface area contributed by atoms with Gasteiger partial charge in [0.15, 0.2) is 5.82 Å². The van der Waals surface area contributed by atoms with Crippen LogP contribution in [0.15, 0.2) is 0 Å². The van der Waals surface area contributed by atoms with E-state index in [0.29, 0.717) is 5.56 Å². The Kier molecular flexibility index (Phi) is 5.01. The highest BCUT2D eigenvalue weighted by atomic mass is 32.1. The molecule has 0 saturated heterocycles. The largest absolute Gasteiger partial charge is 0.465 e. The van der Waals surface area contributed by atoms with Crippen LogP contribution in [0.4, 0.5) is 5.00 Å². The number of nitrogens with zero attached hydrogens (tertiary/aromatic N) is 3. The van der Waals surface area contributed by atoms with Crippen LogP contribution in [-0.4, -0.2) is 52.7 Å². The summed E-state index contributed by atoms with van der Waals surface area (Å²) in [7, 11) is 2.44. The van der Waals surface area contributed by atoms with Gasteiger partial charge < -0.3 is 14.8 Å². The number of ether oxygens (including phenoxy) is 2. The Morgan fingerprint density at radius 1 is 1.22 bits per heavy atom. The fourth-order valence-electron chi connectivity index (χ4n) is 1.81. The maximum Gasteiger partial charge on any atom is 0.348 e. The number of hydrogen-bond donors (Lipinski definition) is 2. The first-order valence-corrected chi connectivity index (χ1v) is 7.11. The molecule has 122 valence electrons. The van der Waals surface area contributed by atoms with E-state index in [2.05, 4.69) is 30.7 Å². The molecule has 11 heteroatoms. The van der Waals surface area contributed by atoms with Crippen molar-refractivity contribution in [3.8, 4) is 0 Å². The summed E-state index contributed by atoms with van der Waals surface area (Å²) < 4.78 is 9.36. The zero-order valence-electron chi connectivity index (χ0n) is 12.5. The van der Waals surface area contributed by atoms with E-state index in [1.165, 1.54) is 14.2 Å². The van der Waals surface area contributed by atoms with Gasteiger partial charge >= 0.3 is 11.9 Å². The second-order valence-electron chi connectivity index (χ2n) is 4.30. The van der Waals surface area contributed by atoms with Crippen LogP contribution in [0.2, 0.25) is 0 Å². The summed E-state index contributed by atoms with van der Waals surface area (Å²) in [5.41, 5.74) is 0.489. The molecule has 0 bridgehead atoms. The number of aromatic nitrogens is 4. The first-order valence-electron chi connectivity index (χ1n) is 6.30. The first kappa shape index (κ1) is 16.5. The summed E-state index contributed by atoms with van der Waals surface area (Å²) in [5.74, 6) is -1.53. The van der Waals surface area contributed by atoms with E-state index in [0.717, 1.165) is 11.3 Å². The molecule has 0 aliphatic heterocycles. The Hall–Kier alpha value is -2.82. The van der Waals surface area contributed by atoms with Crippen molar-refractivity contribution in [2.75, 3.05) is 19.5 Å². The lowest BCUT2D eigenvalue weighted by molar-refractivity contribution is -0.115. The van der Waals surface area contributed by atoms with Crippen LogP contribution in [0, 0.1) is 6.92 Å². The molecule has 0 aromatic carbocycles. The number of H-pyrrole nitrogens is 1. The molecule has 0 saturated carbocycles. The number of methoxy groups -OCH3 is 2. The van der Waals surface area contributed by atoms with Crippen molar-refractivity contribution >= 4 is 34.2 Å². The SMILES string of the molecule is COC(=O)c1sc(NC(=O)Cc2nn[nH]n2)c(C(=O)OC)c1C. The first-order chi connectivity index (χ1) is 11.0. The molecule has 0 fully saturated rings. The van der Waals surface area contributed by atoms with E-state index in [1.807, 2.05) is 0 Å². The van der Waals surface area contributed by atoms with Gasteiger partial charge in [0.25, 0.3) is 0 Å². The van der Waals surface area contributed by atoms with Gasteiger partial charge in [0.05, 0.1) is 26.2 Å². The summed E-state index contributed by atoms with van der Waals surface area (Å²) in [6.07, 6.45) is -0.137. The quantitative estimate of drug-likeness (QED) is 0.743. The monoisotopic (exact) mass is 339 g/mol. The second kappa shape index (κ2) is 6.96. The van der Waals surface area contributed by atoms with Crippen LogP contribution in [0.25, 0.3) is 0 Å². The highest BCUT2D eigenvalue weighted by Crippen LogP contribution is 2.34. The molecule has 2 aromatic heterocycles. The number of amides is 1. The molecule has 0 aliphatic carbocycles. The molecule has 0 unspecified atom stereocenters. The van der Waals surface area contributed by atoms with Crippen molar-refractivity contribution in [1.82, 2.24) is 20.6 Å². The predicted octanol–water partition coefficient (Wildman–Crippen LogP) is 0.324. The van der Waals surface area contributed by atoms with E-state index in [1.54, 1.807) is 6.92 Å². The Bertz CT molecular complexity index is 739. The molecule has 0 aliphatic rings. The van der Waals surface area contributed by atoms with E-state index in [9.17, 15) is 14.4 Å².